The Bertz CT molecular complexity index is 1180. The summed E-state index contributed by atoms with van der Waals surface area (Å²) in [4.78, 5) is 12.7. The van der Waals surface area contributed by atoms with Crippen LogP contribution in [0.1, 0.15) is 16.7 Å². The zero-order valence-corrected chi connectivity index (χ0v) is 18.7. The van der Waals surface area contributed by atoms with Gasteiger partial charge in [0.2, 0.25) is 5.91 Å². The predicted molar refractivity (Wildman–Crippen MR) is 120 cm³/mol. The molecule has 0 saturated carbocycles. The number of amides is 1. The van der Waals surface area contributed by atoms with Gasteiger partial charge in [0, 0.05) is 11.6 Å². The maximum atomic E-state index is 13.4. The van der Waals surface area contributed by atoms with E-state index in [0.29, 0.717) is 21.8 Å². The van der Waals surface area contributed by atoms with Crippen LogP contribution >= 0.6 is 11.6 Å². The third kappa shape index (κ3) is 5.62. The van der Waals surface area contributed by atoms with Gasteiger partial charge in [0.05, 0.1) is 10.6 Å². The summed E-state index contributed by atoms with van der Waals surface area (Å²) < 4.78 is 40.9. The smallest absolute Gasteiger partial charge is 0.264 e. The maximum Gasteiger partial charge on any atom is 0.264 e. The molecule has 3 aromatic carbocycles. The van der Waals surface area contributed by atoms with Crippen molar-refractivity contribution < 1.29 is 17.6 Å². The van der Waals surface area contributed by atoms with E-state index in [1.54, 1.807) is 49.4 Å². The lowest BCUT2D eigenvalue weighted by molar-refractivity contribution is -0.119. The highest BCUT2D eigenvalue weighted by Gasteiger charge is 2.28. The monoisotopic (exact) mass is 460 g/mol. The van der Waals surface area contributed by atoms with Crippen molar-refractivity contribution in [1.82, 2.24) is 5.32 Å². The molecule has 0 spiro atoms. The van der Waals surface area contributed by atoms with Crippen LogP contribution in [0.3, 0.4) is 0 Å². The molecule has 8 heteroatoms. The van der Waals surface area contributed by atoms with Crippen LogP contribution in [0.5, 0.6) is 0 Å². The Morgan fingerprint density at radius 2 is 1.65 bits per heavy atom. The van der Waals surface area contributed by atoms with Crippen LogP contribution in [0.25, 0.3) is 0 Å². The number of halogens is 2. The standard InChI is InChI=1S/C23H22ClFN2O3S/c1-16-3-10-21(11-4-16)31(29,30)27(22-12-7-19(24)13-17(22)2)15-23(28)26-14-18-5-8-20(25)9-6-18/h3-13H,14-15H2,1-2H3,(H,26,28). The van der Waals surface area contributed by atoms with E-state index in [1.165, 1.54) is 24.3 Å². The zero-order chi connectivity index (χ0) is 22.6. The lowest BCUT2D eigenvalue weighted by atomic mass is 10.2. The lowest BCUT2D eigenvalue weighted by Gasteiger charge is -2.26. The maximum absolute atomic E-state index is 13.4. The van der Waals surface area contributed by atoms with Gasteiger partial charge in [0.25, 0.3) is 10.0 Å². The summed E-state index contributed by atoms with van der Waals surface area (Å²) in [7, 11) is -4.01. The van der Waals surface area contributed by atoms with Gasteiger partial charge in [0.15, 0.2) is 0 Å². The number of aryl methyl sites for hydroxylation is 2. The molecular formula is C23H22ClFN2O3S. The van der Waals surface area contributed by atoms with E-state index in [2.05, 4.69) is 5.32 Å². The molecule has 0 aliphatic carbocycles. The van der Waals surface area contributed by atoms with Gasteiger partial charge in [-0.05, 0) is 67.4 Å². The van der Waals surface area contributed by atoms with Gasteiger partial charge in [0.1, 0.15) is 12.4 Å². The van der Waals surface area contributed by atoms with Gasteiger partial charge in [-0.1, -0.05) is 41.4 Å². The highest BCUT2D eigenvalue weighted by Crippen LogP contribution is 2.29. The Balaban J connectivity index is 1.89. The van der Waals surface area contributed by atoms with Crippen molar-refractivity contribution in [3.63, 3.8) is 0 Å². The van der Waals surface area contributed by atoms with Gasteiger partial charge in [-0.2, -0.15) is 0 Å². The zero-order valence-electron chi connectivity index (χ0n) is 17.1. The number of carbonyl (C=O) groups excluding carboxylic acids is 1. The molecule has 162 valence electrons. The van der Waals surface area contributed by atoms with Crippen LogP contribution in [-0.4, -0.2) is 20.9 Å². The molecule has 0 saturated heterocycles. The topological polar surface area (TPSA) is 66.5 Å². The number of nitrogens with one attached hydrogen (secondary N) is 1. The second-order valence-electron chi connectivity index (χ2n) is 7.16. The van der Waals surface area contributed by atoms with Gasteiger partial charge in [-0.3, -0.25) is 9.10 Å². The number of sulfonamides is 1. The Hall–Kier alpha value is -2.90. The molecule has 0 atom stereocenters. The summed E-state index contributed by atoms with van der Waals surface area (Å²) in [6.07, 6.45) is 0. The summed E-state index contributed by atoms with van der Waals surface area (Å²) in [5.41, 5.74) is 2.60. The molecule has 0 aromatic heterocycles. The number of anilines is 1. The quantitative estimate of drug-likeness (QED) is 0.560. The molecular weight excluding hydrogens is 439 g/mol. The number of hydrogen-bond acceptors (Lipinski definition) is 3. The van der Waals surface area contributed by atoms with Crippen LogP contribution in [0.4, 0.5) is 10.1 Å². The average Bonchev–Trinajstić information content (AvgIpc) is 2.72. The van der Waals surface area contributed by atoms with Gasteiger partial charge < -0.3 is 5.32 Å². The van der Waals surface area contributed by atoms with Crippen LogP contribution in [-0.2, 0) is 21.4 Å². The number of carbonyl (C=O) groups is 1. The summed E-state index contributed by atoms with van der Waals surface area (Å²) in [6.45, 7) is 3.33. The van der Waals surface area contributed by atoms with Gasteiger partial charge >= 0.3 is 0 Å². The predicted octanol–water partition coefficient (Wildman–Crippen LogP) is 4.61. The molecule has 0 unspecified atom stereocenters. The SMILES string of the molecule is Cc1ccc(S(=O)(=O)N(CC(=O)NCc2ccc(F)cc2)c2ccc(Cl)cc2C)cc1. The first kappa shape index (κ1) is 22.8. The molecule has 3 aromatic rings. The van der Waals surface area contributed by atoms with Crippen molar-refractivity contribution in [2.75, 3.05) is 10.8 Å². The molecule has 1 amide bonds. The Morgan fingerprint density at radius 1 is 1.00 bits per heavy atom. The fourth-order valence-corrected chi connectivity index (χ4v) is 4.74. The average molecular weight is 461 g/mol. The van der Waals surface area contributed by atoms with Gasteiger partial charge in [-0.25, -0.2) is 12.8 Å². The normalized spacial score (nSPS) is 11.2. The van der Waals surface area contributed by atoms with E-state index in [0.717, 1.165) is 9.87 Å². The highest BCUT2D eigenvalue weighted by atomic mass is 35.5. The van der Waals surface area contributed by atoms with E-state index >= 15 is 0 Å². The third-order valence-corrected chi connectivity index (χ3v) is 6.74. The highest BCUT2D eigenvalue weighted by molar-refractivity contribution is 7.92. The van der Waals surface area contributed by atoms with Crippen molar-refractivity contribution in [3.05, 3.63) is 94.3 Å². The first-order chi connectivity index (χ1) is 14.7. The second-order valence-corrected chi connectivity index (χ2v) is 9.46. The van der Waals surface area contributed by atoms with Crippen LogP contribution in [0.2, 0.25) is 5.02 Å². The van der Waals surface area contributed by atoms with E-state index in [1.807, 2.05) is 6.92 Å². The molecule has 0 aliphatic rings. The number of benzene rings is 3. The molecule has 1 N–H and O–H groups in total. The fourth-order valence-electron chi connectivity index (χ4n) is 3.03. The lowest BCUT2D eigenvalue weighted by Crippen LogP contribution is -2.41. The molecule has 5 nitrogen and oxygen atoms in total. The fraction of sp³-hybridized carbons (Fsp3) is 0.174. The second kappa shape index (κ2) is 9.49. The first-order valence-electron chi connectivity index (χ1n) is 9.53. The van der Waals surface area contributed by atoms with E-state index in [-0.39, 0.29) is 17.3 Å². The van der Waals surface area contributed by atoms with Crippen LogP contribution < -0.4 is 9.62 Å². The summed E-state index contributed by atoms with van der Waals surface area (Å²) >= 11 is 6.03. The largest absolute Gasteiger partial charge is 0.350 e. The molecule has 31 heavy (non-hydrogen) atoms. The first-order valence-corrected chi connectivity index (χ1v) is 11.4. The molecule has 0 aliphatic heterocycles. The molecule has 0 fully saturated rings. The van der Waals surface area contributed by atoms with Crippen LogP contribution in [0, 0.1) is 19.7 Å². The Kier molecular flexibility index (Phi) is 6.97. The molecule has 0 bridgehead atoms. The van der Waals surface area contributed by atoms with E-state index in [9.17, 15) is 17.6 Å². The molecule has 3 rings (SSSR count). The molecule has 0 heterocycles. The number of hydrogen-bond donors (Lipinski definition) is 1. The summed E-state index contributed by atoms with van der Waals surface area (Å²) in [5.74, 6) is -0.863. The summed E-state index contributed by atoms with van der Waals surface area (Å²) in [6, 6.07) is 16.9. The van der Waals surface area contributed by atoms with Crippen molar-refractivity contribution in [1.29, 1.82) is 0 Å². The minimum atomic E-state index is -4.01. The van der Waals surface area contributed by atoms with E-state index in [4.69, 9.17) is 11.6 Å². The van der Waals surface area contributed by atoms with Crippen LogP contribution in [0.15, 0.2) is 71.6 Å². The van der Waals surface area contributed by atoms with E-state index < -0.39 is 22.5 Å². The van der Waals surface area contributed by atoms with Crippen molar-refractivity contribution >= 4 is 33.2 Å². The van der Waals surface area contributed by atoms with Crippen molar-refractivity contribution in [2.45, 2.75) is 25.3 Å². The Labute approximate surface area is 186 Å². The number of nitrogens with zero attached hydrogens (tertiary/aromatic N) is 1. The third-order valence-electron chi connectivity index (χ3n) is 4.73. The summed E-state index contributed by atoms with van der Waals surface area (Å²) in [5, 5.41) is 3.16. The minimum Gasteiger partial charge on any atom is -0.350 e. The minimum absolute atomic E-state index is 0.0822. The van der Waals surface area contributed by atoms with Crippen molar-refractivity contribution in [3.8, 4) is 0 Å². The van der Waals surface area contributed by atoms with Gasteiger partial charge in [-0.15, -0.1) is 0 Å². The molecule has 0 radical (unpaired) electrons. The Morgan fingerprint density at radius 3 is 2.26 bits per heavy atom. The number of rotatable bonds is 7. The van der Waals surface area contributed by atoms with Crippen molar-refractivity contribution in [2.24, 2.45) is 0 Å².